The minimum absolute atomic E-state index is 0.417. The van der Waals surface area contributed by atoms with Crippen LogP contribution >= 0.6 is 0 Å². The van der Waals surface area contributed by atoms with Gasteiger partial charge in [0.05, 0.1) is 0 Å². The zero-order valence-electron chi connectivity index (χ0n) is 6.52. The summed E-state index contributed by atoms with van der Waals surface area (Å²) in [6.45, 7) is 2.27. The van der Waals surface area contributed by atoms with E-state index in [0.717, 1.165) is 6.42 Å². The Morgan fingerprint density at radius 3 is 3.00 bits per heavy atom. The highest BCUT2D eigenvalue weighted by atomic mass is 16.1. The highest BCUT2D eigenvalue weighted by Gasteiger charge is 2.43. The molecule has 2 unspecified atom stereocenters. The monoisotopic (exact) mass is 138 g/mol. The Balaban J connectivity index is 2.23. The fourth-order valence-corrected chi connectivity index (χ4v) is 2.57. The molecule has 0 aromatic heterocycles. The maximum Gasteiger partial charge on any atom is 0.136 e. The smallest absolute Gasteiger partial charge is 0.136 e. The second kappa shape index (κ2) is 1.84. The Bertz CT molecular complexity index is 174. The van der Waals surface area contributed by atoms with Crippen molar-refractivity contribution < 1.29 is 4.79 Å². The van der Waals surface area contributed by atoms with Crippen molar-refractivity contribution in [1.82, 2.24) is 0 Å². The maximum absolute atomic E-state index is 11.3. The summed E-state index contributed by atoms with van der Waals surface area (Å²) in [6, 6.07) is 0. The summed E-state index contributed by atoms with van der Waals surface area (Å²) in [7, 11) is 0. The average Bonchev–Trinajstić information content (AvgIpc) is 2.03. The molecule has 0 saturated heterocycles. The van der Waals surface area contributed by atoms with Crippen molar-refractivity contribution in [3.05, 3.63) is 0 Å². The Labute approximate surface area is 61.8 Å². The molecule has 0 radical (unpaired) electrons. The molecule has 0 heterocycles. The highest BCUT2D eigenvalue weighted by molar-refractivity contribution is 5.84. The van der Waals surface area contributed by atoms with Crippen LogP contribution < -0.4 is 0 Å². The van der Waals surface area contributed by atoms with Gasteiger partial charge in [-0.1, -0.05) is 13.3 Å². The zero-order chi connectivity index (χ0) is 7.19. The molecule has 2 saturated carbocycles. The van der Waals surface area contributed by atoms with E-state index in [1.807, 2.05) is 0 Å². The number of ketones is 1. The van der Waals surface area contributed by atoms with Gasteiger partial charge in [-0.25, -0.2) is 0 Å². The van der Waals surface area contributed by atoms with E-state index in [1.54, 1.807) is 0 Å². The van der Waals surface area contributed by atoms with Crippen LogP contribution in [0.2, 0.25) is 0 Å². The second-order valence-electron chi connectivity index (χ2n) is 4.25. The van der Waals surface area contributed by atoms with E-state index in [1.165, 1.54) is 25.7 Å². The van der Waals surface area contributed by atoms with E-state index in [2.05, 4.69) is 6.92 Å². The lowest BCUT2D eigenvalue weighted by Crippen LogP contribution is -2.16. The zero-order valence-corrected chi connectivity index (χ0v) is 6.52. The summed E-state index contributed by atoms with van der Waals surface area (Å²) in [6.07, 6.45) is 5.81. The van der Waals surface area contributed by atoms with Crippen LogP contribution in [-0.2, 0) is 4.79 Å². The van der Waals surface area contributed by atoms with Crippen molar-refractivity contribution in [3.63, 3.8) is 0 Å². The summed E-state index contributed by atoms with van der Waals surface area (Å²) < 4.78 is 0. The number of carbonyl (C=O) groups excluding carboxylic acids is 1. The third-order valence-corrected chi connectivity index (χ3v) is 3.13. The lowest BCUT2D eigenvalue weighted by atomic mass is 9.78. The van der Waals surface area contributed by atoms with Gasteiger partial charge in [0, 0.05) is 12.3 Å². The molecular formula is C9H14O. The van der Waals surface area contributed by atoms with E-state index in [9.17, 15) is 4.79 Å². The fourth-order valence-electron chi connectivity index (χ4n) is 2.57. The van der Waals surface area contributed by atoms with Crippen LogP contribution in [0.1, 0.15) is 39.0 Å². The van der Waals surface area contributed by atoms with Crippen LogP contribution in [-0.4, -0.2) is 5.78 Å². The molecule has 2 bridgehead atoms. The van der Waals surface area contributed by atoms with Crippen molar-refractivity contribution in [3.8, 4) is 0 Å². The molecule has 10 heavy (non-hydrogen) atoms. The summed E-state index contributed by atoms with van der Waals surface area (Å²) in [5, 5.41) is 0. The van der Waals surface area contributed by atoms with Gasteiger partial charge in [-0.05, 0) is 24.7 Å². The van der Waals surface area contributed by atoms with Crippen LogP contribution in [0.3, 0.4) is 0 Å². The van der Waals surface area contributed by atoms with Crippen molar-refractivity contribution in [2.24, 2.45) is 11.3 Å². The second-order valence-corrected chi connectivity index (χ2v) is 4.25. The van der Waals surface area contributed by atoms with Gasteiger partial charge >= 0.3 is 0 Å². The van der Waals surface area contributed by atoms with Crippen molar-refractivity contribution in [1.29, 1.82) is 0 Å². The van der Waals surface area contributed by atoms with Gasteiger partial charge in [0.2, 0.25) is 0 Å². The topological polar surface area (TPSA) is 17.1 Å². The van der Waals surface area contributed by atoms with Gasteiger partial charge in [0.15, 0.2) is 0 Å². The van der Waals surface area contributed by atoms with Crippen molar-refractivity contribution in [2.45, 2.75) is 39.0 Å². The molecule has 1 heteroatoms. The molecule has 0 aliphatic heterocycles. The summed E-state index contributed by atoms with van der Waals surface area (Å²) >= 11 is 0. The number of Topliss-reactive ketones (excluding diaryl/α,β-unsaturated/α-hetero) is 1. The quantitative estimate of drug-likeness (QED) is 0.501. The third-order valence-electron chi connectivity index (χ3n) is 3.13. The number of fused-ring (bicyclic) bond motifs is 2. The van der Waals surface area contributed by atoms with Crippen LogP contribution in [0.25, 0.3) is 0 Å². The first kappa shape index (κ1) is 6.38. The first-order chi connectivity index (χ1) is 4.70. The number of carbonyl (C=O) groups is 1. The van der Waals surface area contributed by atoms with Gasteiger partial charge in [-0.2, -0.15) is 0 Å². The molecule has 1 nitrogen and oxygen atoms in total. The molecule has 0 amide bonds. The maximum atomic E-state index is 11.3. The van der Waals surface area contributed by atoms with E-state index >= 15 is 0 Å². The van der Waals surface area contributed by atoms with Crippen LogP contribution in [0.15, 0.2) is 0 Å². The van der Waals surface area contributed by atoms with Crippen LogP contribution in [0, 0.1) is 11.3 Å². The van der Waals surface area contributed by atoms with E-state index in [-0.39, 0.29) is 0 Å². The number of hydrogen-bond donors (Lipinski definition) is 0. The Morgan fingerprint density at radius 1 is 1.60 bits per heavy atom. The Kier molecular flexibility index (Phi) is 1.17. The lowest BCUT2D eigenvalue weighted by Gasteiger charge is -2.27. The Hall–Kier alpha value is -0.330. The largest absolute Gasteiger partial charge is 0.299 e. The van der Waals surface area contributed by atoms with Gasteiger partial charge in [0.25, 0.3) is 0 Å². The molecule has 0 aromatic carbocycles. The van der Waals surface area contributed by atoms with Gasteiger partial charge in [-0.15, -0.1) is 0 Å². The molecule has 0 spiro atoms. The predicted octanol–water partition coefficient (Wildman–Crippen LogP) is 2.16. The van der Waals surface area contributed by atoms with E-state index < -0.39 is 0 Å². The molecule has 2 atom stereocenters. The predicted molar refractivity (Wildman–Crippen MR) is 39.7 cm³/mol. The minimum Gasteiger partial charge on any atom is -0.299 e. The first-order valence-corrected chi connectivity index (χ1v) is 4.22. The average molecular weight is 138 g/mol. The van der Waals surface area contributed by atoms with Crippen LogP contribution in [0.5, 0.6) is 0 Å². The lowest BCUT2D eigenvalue weighted by molar-refractivity contribution is -0.120. The molecule has 2 rings (SSSR count). The van der Waals surface area contributed by atoms with Gasteiger partial charge in [0.1, 0.15) is 5.78 Å². The molecule has 2 fully saturated rings. The summed E-state index contributed by atoms with van der Waals surface area (Å²) in [4.78, 5) is 11.3. The van der Waals surface area contributed by atoms with Crippen molar-refractivity contribution in [2.75, 3.05) is 0 Å². The van der Waals surface area contributed by atoms with E-state index in [0.29, 0.717) is 17.1 Å². The van der Waals surface area contributed by atoms with Crippen LogP contribution in [0.4, 0.5) is 0 Å². The molecular weight excluding hydrogens is 124 g/mol. The molecule has 0 N–H and O–H groups in total. The molecule has 2 aliphatic carbocycles. The number of hydrogen-bond acceptors (Lipinski definition) is 1. The van der Waals surface area contributed by atoms with Gasteiger partial charge < -0.3 is 0 Å². The standard InChI is InChI=1S/C9H14O/c1-9-4-2-3-7(5-9)8(10)6-9/h7H,2-6H2,1H3. The summed E-state index contributed by atoms with van der Waals surface area (Å²) in [5.74, 6) is 0.999. The highest BCUT2D eigenvalue weighted by Crippen LogP contribution is 2.48. The normalized spacial score (nSPS) is 46.1. The SMILES string of the molecule is CC12CCCC(C1)C(=O)C2. The summed E-state index contributed by atoms with van der Waals surface area (Å²) in [5.41, 5.74) is 0.417. The third kappa shape index (κ3) is 0.799. The van der Waals surface area contributed by atoms with Gasteiger partial charge in [-0.3, -0.25) is 4.79 Å². The molecule has 56 valence electrons. The fraction of sp³-hybridized carbons (Fsp3) is 0.889. The number of rotatable bonds is 0. The van der Waals surface area contributed by atoms with E-state index in [4.69, 9.17) is 0 Å². The minimum atomic E-state index is 0.417. The molecule has 0 aromatic rings. The first-order valence-electron chi connectivity index (χ1n) is 4.22. The van der Waals surface area contributed by atoms with Crippen molar-refractivity contribution >= 4 is 5.78 Å². The Morgan fingerprint density at radius 2 is 2.40 bits per heavy atom. The molecule has 2 aliphatic rings.